The number of carboxylic acid groups (broad SMARTS) is 1. The number of aliphatic carboxylic acids is 1. The Balaban J connectivity index is 2.32. The Labute approximate surface area is 139 Å². The maximum Gasteiger partial charge on any atom is 0.326 e. The molecule has 7 heteroatoms. The Hall–Kier alpha value is -1.89. The second-order valence-corrected chi connectivity index (χ2v) is 6.85. The fraction of sp³-hybridized carbons (Fsp3) is 0.562. The number of hydrogen-bond donors (Lipinski definition) is 3. The molecule has 1 aliphatic carbocycles. The number of carbonyl (C=O) groups excluding carboxylic acids is 2. The van der Waals surface area contributed by atoms with E-state index >= 15 is 0 Å². The molecule has 0 aliphatic heterocycles. The van der Waals surface area contributed by atoms with Gasteiger partial charge in [-0.25, -0.2) is 4.79 Å². The molecule has 2 amide bonds. The number of anilines is 1. The first kappa shape index (κ1) is 17.5. The van der Waals surface area contributed by atoms with Crippen molar-refractivity contribution in [3.63, 3.8) is 0 Å². The third-order valence-electron chi connectivity index (χ3n) is 3.87. The molecule has 0 spiro atoms. The summed E-state index contributed by atoms with van der Waals surface area (Å²) in [6.07, 6.45) is 4.81. The van der Waals surface area contributed by atoms with Crippen LogP contribution in [0.2, 0.25) is 0 Å². The maximum atomic E-state index is 12.7. The van der Waals surface area contributed by atoms with Crippen molar-refractivity contribution < 1.29 is 19.5 Å². The lowest BCUT2D eigenvalue weighted by molar-refractivity contribution is -0.139. The average Bonchev–Trinajstić information content (AvgIpc) is 2.83. The van der Waals surface area contributed by atoms with Gasteiger partial charge >= 0.3 is 5.97 Å². The molecule has 0 saturated heterocycles. The van der Waals surface area contributed by atoms with E-state index in [4.69, 9.17) is 0 Å². The lowest BCUT2D eigenvalue weighted by Gasteiger charge is -2.16. The number of hydrogen-bond acceptors (Lipinski definition) is 4. The van der Waals surface area contributed by atoms with E-state index in [-0.39, 0.29) is 5.91 Å². The van der Waals surface area contributed by atoms with Crippen LogP contribution in [-0.4, -0.2) is 28.9 Å². The molecule has 3 N–H and O–H groups in total. The molecule has 0 fully saturated rings. The first-order chi connectivity index (χ1) is 10.9. The SMILES string of the molecule is CCCC(NC(=O)c1c(NC(C)=O)sc2c1CCCC2)C(=O)O. The van der Waals surface area contributed by atoms with E-state index in [1.807, 2.05) is 6.92 Å². The van der Waals surface area contributed by atoms with Gasteiger partial charge in [-0.2, -0.15) is 0 Å². The summed E-state index contributed by atoms with van der Waals surface area (Å²) in [5.41, 5.74) is 1.41. The van der Waals surface area contributed by atoms with Gasteiger partial charge in [0, 0.05) is 11.8 Å². The number of amides is 2. The van der Waals surface area contributed by atoms with Crippen molar-refractivity contribution in [2.24, 2.45) is 0 Å². The van der Waals surface area contributed by atoms with Gasteiger partial charge in [0.15, 0.2) is 0 Å². The fourth-order valence-electron chi connectivity index (χ4n) is 2.83. The van der Waals surface area contributed by atoms with Gasteiger partial charge in [0.05, 0.1) is 5.56 Å². The number of aryl methyl sites for hydroxylation is 1. The molecule has 6 nitrogen and oxygen atoms in total. The fourth-order valence-corrected chi connectivity index (χ4v) is 4.16. The maximum absolute atomic E-state index is 12.7. The molecule has 126 valence electrons. The van der Waals surface area contributed by atoms with E-state index in [9.17, 15) is 19.5 Å². The first-order valence-corrected chi connectivity index (χ1v) is 8.71. The summed E-state index contributed by atoms with van der Waals surface area (Å²) in [6.45, 7) is 3.27. The zero-order valence-corrected chi connectivity index (χ0v) is 14.2. The van der Waals surface area contributed by atoms with Gasteiger partial charge in [-0.1, -0.05) is 13.3 Å². The number of rotatable bonds is 6. The topological polar surface area (TPSA) is 95.5 Å². The molecule has 1 aromatic rings. The van der Waals surface area contributed by atoms with Crippen molar-refractivity contribution in [2.75, 3.05) is 5.32 Å². The van der Waals surface area contributed by atoms with E-state index < -0.39 is 17.9 Å². The molecule has 2 rings (SSSR count). The molecule has 23 heavy (non-hydrogen) atoms. The second-order valence-electron chi connectivity index (χ2n) is 5.75. The molecule has 1 atom stereocenters. The zero-order chi connectivity index (χ0) is 17.0. The van der Waals surface area contributed by atoms with Crippen LogP contribution in [-0.2, 0) is 22.4 Å². The largest absolute Gasteiger partial charge is 0.480 e. The normalized spacial score (nSPS) is 14.7. The van der Waals surface area contributed by atoms with E-state index in [1.165, 1.54) is 18.3 Å². The smallest absolute Gasteiger partial charge is 0.326 e. The summed E-state index contributed by atoms with van der Waals surface area (Å²) in [4.78, 5) is 36.4. The van der Waals surface area contributed by atoms with Gasteiger partial charge in [0.2, 0.25) is 5.91 Å². The Bertz CT molecular complexity index is 624. The van der Waals surface area contributed by atoms with E-state index in [0.29, 0.717) is 23.4 Å². The number of carbonyl (C=O) groups is 3. The van der Waals surface area contributed by atoms with Gasteiger partial charge in [0.1, 0.15) is 11.0 Å². The van der Waals surface area contributed by atoms with Gasteiger partial charge in [-0.05, 0) is 37.7 Å². The van der Waals surface area contributed by atoms with E-state index in [2.05, 4.69) is 10.6 Å². The minimum atomic E-state index is -1.04. The Kier molecular flexibility index (Phi) is 5.76. The molecule has 0 bridgehead atoms. The quantitative estimate of drug-likeness (QED) is 0.743. The van der Waals surface area contributed by atoms with E-state index in [0.717, 1.165) is 36.1 Å². The molecule has 1 aliphatic rings. The van der Waals surface area contributed by atoms with Crippen LogP contribution in [0, 0.1) is 0 Å². The molecule has 0 aromatic carbocycles. The Morgan fingerprint density at radius 3 is 2.57 bits per heavy atom. The number of carboxylic acids is 1. The lowest BCUT2D eigenvalue weighted by atomic mass is 9.95. The number of thiophene rings is 1. The van der Waals surface area contributed by atoms with Crippen molar-refractivity contribution >= 4 is 34.1 Å². The highest BCUT2D eigenvalue weighted by Crippen LogP contribution is 2.38. The van der Waals surface area contributed by atoms with Crippen molar-refractivity contribution in [3.05, 3.63) is 16.0 Å². The minimum Gasteiger partial charge on any atom is -0.480 e. The van der Waals surface area contributed by atoms with Crippen LogP contribution < -0.4 is 10.6 Å². The first-order valence-electron chi connectivity index (χ1n) is 7.89. The van der Waals surface area contributed by atoms with Gasteiger partial charge < -0.3 is 15.7 Å². The van der Waals surface area contributed by atoms with Crippen molar-refractivity contribution in [1.29, 1.82) is 0 Å². The van der Waals surface area contributed by atoms with Crippen LogP contribution in [0.25, 0.3) is 0 Å². The third-order valence-corrected chi connectivity index (χ3v) is 5.08. The molecular weight excluding hydrogens is 316 g/mol. The van der Waals surface area contributed by atoms with Gasteiger partial charge in [-0.3, -0.25) is 9.59 Å². The van der Waals surface area contributed by atoms with E-state index in [1.54, 1.807) is 0 Å². The van der Waals surface area contributed by atoms with Gasteiger partial charge in [-0.15, -0.1) is 11.3 Å². The molecule has 1 heterocycles. The van der Waals surface area contributed by atoms with Crippen LogP contribution in [0.1, 0.15) is 60.3 Å². The van der Waals surface area contributed by atoms with Crippen LogP contribution in [0.4, 0.5) is 5.00 Å². The summed E-state index contributed by atoms with van der Waals surface area (Å²) < 4.78 is 0. The highest BCUT2D eigenvalue weighted by atomic mass is 32.1. The Morgan fingerprint density at radius 1 is 1.26 bits per heavy atom. The predicted molar refractivity (Wildman–Crippen MR) is 89.1 cm³/mol. The van der Waals surface area contributed by atoms with Crippen LogP contribution in [0.15, 0.2) is 0 Å². The number of fused-ring (bicyclic) bond motifs is 1. The predicted octanol–water partition coefficient (Wildman–Crippen LogP) is 2.57. The summed E-state index contributed by atoms with van der Waals surface area (Å²) in [5, 5.41) is 15.1. The molecule has 1 aromatic heterocycles. The highest BCUT2D eigenvalue weighted by Gasteiger charge is 2.28. The minimum absolute atomic E-state index is 0.235. The molecular formula is C16H22N2O4S. The van der Waals surface area contributed by atoms with Gasteiger partial charge in [0.25, 0.3) is 5.91 Å². The average molecular weight is 338 g/mol. The molecule has 1 unspecified atom stereocenters. The monoisotopic (exact) mass is 338 g/mol. The summed E-state index contributed by atoms with van der Waals surface area (Å²) >= 11 is 1.43. The lowest BCUT2D eigenvalue weighted by Crippen LogP contribution is -2.41. The van der Waals surface area contributed by atoms with Crippen molar-refractivity contribution in [3.8, 4) is 0 Å². The van der Waals surface area contributed by atoms with Crippen molar-refractivity contribution in [2.45, 2.75) is 58.4 Å². The number of nitrogens with one attached hydrogen (secondary N) is 2. The van der Waals surface area contributed by atoms with Crippen LogP contribution in [0.3, 0.4) is 0 Å². The highest BCUT2D eigenvalue weighted by molar-refractivity contribution is 7.17. The Morgan fingerprint density at radius 2 is 1.96 bits per heavy atom. The van der Waals surface area contributed by atoms with Crippen LogP contribution in [0.5, 0.6) is 0 Å². The summed E-state index contributed by atoms with van der Waals surface area (Å²) in [6, 6.07) is -0.906. The van der Waals surface area contributed by atoms with Crippen molar-refractivity contribution in [1.82, 2.24) is 5.32 Å². The summed E-state index contributed by atoms with van der Waals surface area (Å²) in [5.74, 6) is -1.68. The summed E-state index contributed by atoms with van der Waals surface area (Å²) in [7, 11) is 0. The molecule has 0 radical (unpaired) electrons. The third kappa shape index (κ3) is 4.10. The zero-order valence-electron chi connectivity index (χ0n) is 13.4. The molecule has 0 saturated carbocycles. The van der Waals surface area contributed by atoms with Crippen LogP contribution >= 0.6 is 11.3 Å². The standard InChI is InChI=1S/C16H22N2O4S/c1-3-6-11(16(21)22)18-14(20)13-10-7-4-5-8-12(10)23-15(13)17-9(2)19/h11H,3-8H2,1-2H3,(H,17,19)(H,18,20)(H,21,22). The second kappa shape index (κ2) is 7.59.